The summed E-state index contributed by atoms with van der Waals surface area (Å²) >= 11 is 0. The van der Waals surface area contributed by atoms with E-state index in [4.69, 9.17) is 0 Å². The van der Waals surface area contributed by atoms with E-state index in [1.54, 1.807) is 12.3 Å². The van der Waals surface area contributed by atoms with Gasteiger partial charge in [0, 0.05) is 24.5 Å². The maximum atomic E-state index is 12.8. The lowest BCUT2D eigenvalue weighted by Crippen LogP contribution is -2.36. The van der Waals surface area contributed by atoms with Crippen LogP contribution in [-0.2, 0) is 0 Å². The van der Waals surface area contributed by atoms with Crippen LogP contribution in [0.1, 0.15) is 38.4 Å². The molecule has 140 valence electrons. The summed E-state index contributed by atoms with van der Waals surface area (Å²) in [5.74, 6) is 1.26. The molecule has 1 aromatic carbocycles. The monoisotopic (exact) mass is 365 g/mol. The fourth-order valence-corrected chi connectivity index (χ4v) is 3.55. The number of hydrogen-bond acceptors (Lipinski definition) is 5. The number of nitrogens with zero attached hydrogens (tertiary/aromatic N) is 4. The van der Waals surface area contributed by atoms with Gasteiger partial charge in [0.05, 0.1) is 23.3 Å². The molecule has 4 rings (SSSR count). The van der Waals surface area contributed by atoms with E-state index in [1.165, 1.54) is 10.7 Å². The molecule has 0 amide bonds. The van der Waals surface area contributed by atoms with Gasteiger partial charge >= 0.3 is 0 Å². The van der Waals surface area contributed by atoms with Gasteiger partial charge in [0.15, 0.2) is 0 Å². The summed E-state index contributed by atoms with van der Waals surface area (Å²) in [6, 6.07) is 8.37. The highest BCUT2D eigenvalue weighted by Gasteiger charge is 2.20. The first kappa shape index (κ1) is 17.5. The molecule has 3 aromatic rings. The van der Waals surface area contributed by atoms with Crippen LogP contribution in [0.2, 0.25) is 0 Å². The van der Waals surface area contributed by atoms with Crippen molar-refractivity contribution in [1.29, 1.82) is 0 Å². The van der Waals surface area contributed by atoms with Gasteiger partial charge in [-0.3, -0.25) is 14.6 Å². The molecule has 1 N–H and O–H groups in total. The van der Waals surface area contributed by atoms with Gasteiger partial charge in [0.2, 0.25) is 5.95 Å². The van der Waals surface area contributed by atoms with Gasteiger partial charge in [0.25, 0.3) is 11.1 Å². The zero-order chi connectivity index (χ0) is 19.0. The molecule has 7 heteroatoms. The van der Waals surface area contributed by atoms with Gasteiger partial charge in [-0.2, -0.15) is 5.10 Å². The summed E-state index contributed by atoms with van der Waals surface area (Å²) in [4.78, 5) is 34.6. The molecule has 0 unspecified atom stereocenters. The number of benzene rings is 1. The summed E-state index contributed by atoms with van der Waals surface area (Å²) in [6.07, 6.45) is 3.83. The molecule has 0 bridgehead atoms. The number of H-pyrrole nitrogens is 1. The molecule has 7 nitrogen and oxygen atoms in total. The van der Waals surface area contributed by atoms with Crippen LogP contribution in [0.4, 0.5) is 5.95 Å². The summed E-state index contributed by atoms with van der Waals surface area (Å²) in [5.41, 5.74) is 0.141. The Hall–Kier alpha value is -2.96. The topological polar surface area (TPSA) is 83.9 Å². The van der Waals surface area contributed by atoms with Gasteiger partial charge in [-0.15, -0.1) is 0 Å². The van der Waals surface area contributed by atoms with E-state index >= 15 is 0 Å². The lowest BCUT2D eigenvalue weighted by atomic mass is 10.00. The molecule has 1 aliphatic rings. The smallest absolute Gasteiger partial charge is 0.275 e. The predicted octanol–water partition coefficient (Wildman–Crippen LogP) is 2.33. The molecule has 1 fully saturated rings. The highest BCUT2D eigenvalue weighted by Crippen LogP contribution is 2.21. The highest BCUT2D eigenvalue weighted by molar-refractivity contribution is 5.80. The average molecular weight is 365 g/mol. The van der Waals surface area contributed by atoms with E-state index in [1.807, 2.05) is 25.1 Å². The number of anilines is 1. The second-order valence-electron chi connectivity index (χ2n) is 7.32. The van der Waals surface area contributed by atoms with Gasteiger partial charge in [-0.1, -0.05) is 25.1 Å². The Morgan fingerprint density at radius 3 is 2.70 bits per heavy atom. The Kier molecular flexibility index (Phi) is 4.51. The molecule has 1 aliphatic heterocycles. The van der Waals surface area contributed by atoms with E-state index in [9.17, 15) is 9.59 Å². The molecule has 0 aliphatic carbocycles. The third-order valence-electron chi connectivity index (χ3n) is 5.35. The van der Waals surface area contributed by atoms with E-state index in [0.29, 0.717) is 22.9 Å². The van der Waals surface area contributed by atoms with Crippen LogP contribution in [0.5, 0.6) is 0 Å². The zero-order valence-corrected chi connectivity index (χ0v) is 15.6. The lowest BCUT2D eigenvalue weighted by molar-refractivity contribution is 0.433. The maximum Gasteiger partial charge on any atom is 0.275 e. The lowest BCUT2D eigenvalue weighted by Gasteiger charge is -2.31. The van der Waals surface area contributed by atoms with Crippen molar-refractivity contribution in [2.45, 2.75) is 32.7 Å². The number of piperidine rings is 1. The molecule has 0 radical (unpaired) electrons. The first-order chi connectivity index (χ1) is 13.0. The van der Waals surface area contributed by atoms with E-state index in [0.717, 1.165) is 31.3 Å². The molecule has 1 atom stereocenters. The second-order valence-corrected chi connectivity index (χ2v) is 7.32. The standard InChI is InChI=1S/C20H23N5O2/c1-13-7-9-24(10-8-13)20-22-17(11-18(26)23-20)14(2)25-19(27)16-6-4-3-5-15(16)12-21-25/h3-6,11-14H,7-10H2,1-2H3,(H,22,23,26)/t14-/m1/s1. The summed E-state index contributed by atoms with van der Waals surface area (Å²) in [5, 5.41) is 5.71. The zero-order valence-electron chi connectivity index (χ0n) is 15.6. The summed E-state index contributed by atoms with van der Waals surface area (Å²) < 4.78 is 1.40. The average Bonchev–Trinajstić information content (AvgIpc) is 2.68. The number of rotatable bonds is 3. The fourth-order valence-electron chi connectivity index (χ4n) is 3.55. The number of fused-ring (bicyclic) bond motifs is 1. The van der Waals surface area contributed by atoms with Crippen LogP contribution < -0.4 is 16.0 Å². The van der Waals surface area contributed by atoms with Crippen molar-refractivity contribution in [1.82, 2.24) is 19.7 Å². The van der Waals surface area contributed by atoms with Crippen molar-refractivity contribution in [3.05, 3.63) is 62.9 Å². The third-order valence-corrected chi connectivity index (χ3v) is 5.35. The predicted molar refractivity (Wildman–Crippen MR) is 105 cm³/mol. The van der Waals surface area contributed by atoms with Crippen molar-refractivity contribution < 1.29 is 0 Å². The Morgan fingerprint density at radius 1 is 1.19 bits per heavy atom. The fraction of sp³-hybridized carbons (Fsp3) is 0.400. The Balaban J connectivity index is 1.72. The second kappa shape index (κ2) is 6.98. The SMILES string of the molecule is CC1CCN(c2nc([C@@H](C)n3ncc4ccccc4c3=O)cc(=O)[nH]2)CC1. The van der Waals surface area contributed by atoms with Crippen LogP contribution in [0, 0.1) is 5.92 Å². The molecule has 0 spiro atoms. The van der Waals surface area contributed by atoms with Crippen molar-refractivity contribution in [2.75, 3.05) is 18.0 Å². The first-order valence-electron chi connectivity index (χ1n) is 9.35. The maximum absolute atomic E-state index is 12.8. The Bertz CT molecular complexity index is 1080. The van der Waals surface area contributed by atoms with Gasteiger partial charge in [0.1, 0.15) is 0 Å². The molecule has 3 heterocycles. The normalized spacial score (nSPS) is 16.6. The summed E-state index contributed by atoms with van der Waals surface area (Å²) in [6.45, 7) is 5.82. The number of aromatic amines is 1. The van der Waals surface area contributed by atoms with Crippen molar-refractivity contribution >= 4 is 16.7 Å². The van der Waals surface area contributed by atoms with Gasteiger partial charge < -0.3 is 4.90 Å². The van der Waals surface area contributed by atoms with Crippen molar-refractivity contribution in [2.24, 2.45) is 5.92 Å². The molecular formula is C20H23N5O2. The van der Waals surface area contributed by atoms with Crippen molar-refractivity contribution in [3.63, 3.8) is 0 Å². The van der Waals surface area contributed by atoms with Crippen LogP contribution in [0.25, 0.3) is 10.8 Å². The largest absolute Gasteiger partial charge is 0.342 e. The molecule has 0 saturated carbocycles. The minimum Gasteiger partial charge on any atom is -0.342 e. The minimum absolute atomic E-state index is 0.184. The van der Waals surface area contributed by atoms with E-state index in [-0.39, 0.29) is 11.1 Å². The van der Waals surface area contributed by atoms with E-state index < -0.39 is 6.04 Å². The Morgan fingerprint density at radius 2 is 1.93 bits per heavy atom. The Labute approximate surface area is 156 Å². The van der Waals surface area contributed by atoms with Crippen molar-refractivity contribution in [3.8, 4) is 0 Å². The van der Waals surface area contributed by atoms with Crippen LogP contribution >= 0.6 is 0 Å². The molecule has 1 saturated heterocycles. The molecular weight excluding hydrogens is 342 g/mol. The highest BCUT2D eigenvalue weighted by atomic mass is 16.1. The first-order valence-corrected chi connectivity index (χ1v) is 9.35. The van der Waals surface area contributed by atoms with Gasteiger partial charge in [-0.05, 0) is 31.7 Å². The minimum atomic E-state index is -0.438. The third kappa shape index (κ3) is 3.37. The van der Waals surface area contributed by atoms with Crippen LogP contribution in [0.3, 0.4) is 0 Å². The molecule has 2 aromatic heterocycles. The van der Waals surface area contributed by atoms with E-state index in [2.05, 4.69) is 26.9 Å². The van der Waals surface area contributed by atoms with Crippen LogP contribution in [0.15, 0.2) is 46.1 Å². The van der Waals surface area contributed by atoms with Crippen LogP contribution in [-0.4, -0.2) is 32.8 Å². The number of nitrogens with one attached hydrogen (secondary N) is 1. The summed E-state index contributed by atoms with van der Waals surface area (Å²) in [7, 11) is 0. The quantitative estimate of drug-likeness (QED) is 0.770. The number of hydrogen-bond donors (Lipinski definition) is 1. The van der Waals surface area contributed by atoms with Gasteiger partial charge in [-0.25, -0.2) is 9.67 Å². The molecule has 27 heavy (non-hydrogen) atoms. The number of aromatic nitrogens is 4.